The maximum absolute atomic E-state index is 13.3. The van der Waals surface area contributed by atoms with E-state index in [-0.39, 0.29) is 0 Å². The zero-order valence-corrected chi connectivity index (χ0v) is 33.9. The lowest BCUT2D eigenvalue weighted by molar-refractivity contribution is -0.162. The number of benzene rings is 5. The first-order chi connectivity index (χ1) is 28.2. The second-order valence-corrected chi connectivity index (χ2v) is 14.6. The Hall–Kier alpha value is -6.66. The van der Waals surface area contributed by atoms with Gasteiger partial charge in [-0.05, 0) is 62.5 Å². The molecule has 58 heavy (non-hydrogen) atoms. The van der Waals surface area contributed by atoms with Crippen molar-refractivity contribution >= 4 is 38.8 Å². The quantitative estimate of drug-likeness (QED) is 0.0672. The summed E-state index contributed by atoms with van der Waals surface area (Å²) in [6.45, 7) is 6.85. The van der Waals surface area contributed by atoms with E-state index in [4.69, 9.17) is 29.3 Å². The summed E-state index contributed by atoms with van der Waals surface area (Å²) in [5.41, 5.74) is 5.95. The number of aryl methyl sites for hydroxylation is 2. The first-order valence-corrected chi connectivity index (χ1v) is 19.7. The molecule has 0 bridgehead atoms. The molecule has 0 fully saturated rings. The summed E-state index contributed by atoms with van der Waals surface area (Å²) in [5, 5.41) is 15.5. The van der Waals surface area contributed by atoms with Gasteiger partial charge in [0.2, 0.25) is 12.1 Å². The summed E-state index contributed by atoms with van der Waals surface area (Å²) in [4.78, 5) is 31.1. The number of hydrogen-bond donors (Lipinski definition) is 0. The lowest BCUT2D eigenvalue weighted by Gasteiger charge is -2.34. The van der Waals surface area contributed by atoms with Crippen molar-refractivity contribution in [1.82, 2.24) is 29.8 Å². The highest BCUT2D eigenvalue weighted by Crippen LogP contribution is 2.43. The second-order valence-electron chi connectivity index (χ2n) is 13.8. The van der Waals surface area contributed by atoms with Crippen LogP contribution in [0, 0.1) is 6.92 Å². The number of fused-ring (bicyclic) bond motifs is 1. The fraction of sp³-hybridized carbons (Fsp3) is 0.174. The van der Waals surface area contributed by atoms with Gasteiger partial charge in [0.05, 0.1) is 10.2 Å². The van der Waals surface area contributed by atoms with Crippen molar-refractivity contribution in [3.8, 4) is 22.7 Å². The number of aromatic nitrogens is 6. The molecule has 0 aliphatic rings. The average molecular weight is 836 g/mol. The summed E-state index contributed by atoms with van der Waals surface area (Å²) in [5.74, 6) is 0.597. The van der Waals surface area contributed by atoms with E-state index in [1.807, 2.05) is 109 Å². The van der Waals surface area contributed by atoms with Crippen molar-refractivity contribution in [3.63, 3.8) is 0 Å². The predicted molar refractivity (Wildman–Crippen MR) is 223 cm³/mol. The van der Waals surface area contributed by atoms with Gasteiger partial charge in [-0.15, -0.1) is 15.0 Å². The van der Waals surface area contributed by atoms with Crippen LogP contribution >= 0.6 is 15.9 Å². The van der Waals surface area contributed by atoms with Crippen LogP contribution in [0.15, 0.2) is 142 Å². The van der Waals surface area contributed by atoms with Crippen LogP contribution in [-0.2, 0) is 32.8 Å². The van der Waals surface area contributed by atoms with E-state index < -0.39 is 23.8 Å². The van der Waals surface area contributed by atoms with Crippen LogP contribution in [0.3, 0.4) is 0 Å². The van der Waals surface area contributed by atoms with Crippen molar-refractivity contribution in [1.29, 1.82) is 0 Å². The number of rotatable bonds is 12. The van der Waals surface area contributed by atoms with E-state index >= 15 is 0 Å². The van der Waals surface area contributed by atoms with Crippen LogP contribution in [0.25, 0.3) is 33.7 Å². The molecule has 1 unspecified atom stereocenters. The highest BCUT2D eigenvalue weighted by Gasteiger charge is 2.41. The van der Waals surface area contributed by atoms with Crippen molar-refractivity contribution in [2.75, 3.05) is 0 Å². The summed E-state index contributed by atoms with van der Waals surface area (Å²) >= 11 is 3.87. The summed E-state index contributed by atoms with van der Waals surface area (Å²) in [7, 11) is 0. The van der Waals surface area contributed by atoms with Gasteiger partial charge in [-0.2, -0.15) is 0 Å². The molecule has 1 atom stereocenters. The van der Waals surface area contributed by atoms with Crippen LogP contribution in [-0.4, -0.2) is 48.0 Å². The highest BCUT2D eigenvalue weighted by molar-refractivity contribution is 9.10. The normalized spacial score (nSPS) is 12.1. The molecule has 11 nitrogen and oxygen atoms in total. The van der Waals surface area contributed by atoms with E-state index in [0.717, 1.165) is 49.1 Å². The standard InChI is InChI=1S/C46H39BrN6O5/c1-5-40-48-29(2)42(45(55)57-31(4)56-30(3)54)52(40)28-32-25-26-39-38(27-32)41(47)43(58-39)36-23-15-16-24-37(36)44-49-51-53(50-44)46(33-17-9-6-10-18-33,34-19-11-7-12-20-34)35-21-13-8-14-22-35/h6-27,31H,5,28H2,1-4H3. The molecule has 0 spiro atoms. The number of furan rings is 1. The van der Waals surface area contributed by atoms with Crippen molar-refractivity contribution in [2.45, 2.75) is 52.5 Å². The molecule has 0 radical (unpaired) electrons. The number of carbonyl (C=O) groups is 2. The predicted octanol–water partition coefficient (Wildman–Crippen LogP) is 9.54. The van der Waals surface area contributed by atoms with Crippen molar-refractivity contribution < 1.29 is 23.5 Å². The number of carbonyl (C=O) groups excluding carboxylic acids is 2. The van der Waals surface area contributed by atoms with Crippen LogP contribution < -0.4 is 0 Å². The maximum atomic E-state index is 13.3. The molecule has 8 rings (SSSR count). The third-order valence-corrected chi connectivity index (χ3v) is 10.9. The SMILES string of the molecule is CCc1nc(C)c(C(=O)OC(C)OC(C)=O)n1Cc1ccc2oc(-c3ccccc3-c3nnn(C(c4ccccc4)(c4ccccc4)c4ccccc4)n3)c(Br)c2c1. The first-order valence-electron chi connectivity index (χ1n) is 18.9. The van der Waals surface area contributed by atoms with Gasteiger partial charge in [0.15, 0.2) is 11.2 Å². The number of hydrogen-bond acceptors (Lipinski definition) is 9. The Morgan fingerprint density at radius 3 is 1.98 bits per heavy atom. The molecule has 0 aliphatic heterocycles. The van der Waals surface area contributed by atoms with Crippen LogP contribution in [0.4, 0.5) is 0 Å². The largest absolute Gasteiger partial charge is 0.455 e. The Labute approximate surface area is 343 Å². The van der Waals surface area contributed by atoms with Gasteiger partial charge in [-0.25, -0.2) is 9.78 Å². The highest BCUT2D eigenvalue weighted by atomic mass is 79.9. The molecule has 290 valence electrons. The topological polar surface area (TPSA) is 127 Å². The van der Waals surface area contributed by atoms with Crippen molar-refractivity contribution in [2.24, 2.45) is 0 Å². The van der Waals surface area contributed by atoms with Gasteiger partial charge in [0.1, 0.15) is 17.2 Å². The Kier molecular flexibility index (Phi) is 10.6. The Balaban J connectivity index is 1.18. The Morgan fingerprint density at radius 1 is 0.810 bits per heavy atom. The minimum Gasteiger partial charge on any atom is -0.455 e. The molecule has 0 N–H and O–H groups in total. The summed E-state index contributed by atoms with van der Waals surface area (Å²) in [6, 6.07) is 44.4. The minimum absolute atomic E-state index is 0.299. The second kappa shape index (κ2) is 16.1. The van der Waals surface area contributed by atoms with E-state index in [1.54, 1.807) is 11.7 Å². The number of tetrazole rings is 1. The molecular formula is C46H39BrN6O5. The number of halogens is 1. The van der Waals surface area contributed by atoms with Gasteiger partial charge in [0, 0.05) is 43.3 Å². The molecule has 5 aromatic carbocycles. The third kappa shape index (κ3) is 7.00. The first kappa shape index (κ1) is 38.2. The molecule has 0 aliphatic carbocycles. The monoisotopic (exact) mass is 834 g/mol. The fourth-order valence-electron chi connectivity index (χ4n) is 7.59. The molecule has 12 heteroatoms. The van der Waals surface area contributed by atoms with Crippen LogP contribution in [0.2, 0.25) is 0 Å². The van der Waals surface area contributed by atoms with Gasteiger partial charge in [-0.3, -0.25) is 4.79 Å². The molecule has 0 saturated heterocycles. The average Bonchev–Trinajstić information content (AvgIpc) is 3.94. The lowest BCUT2D eigenvalue weighted by atomic mass is 9.77. The minimum atomic E-state index is -1.05. The summed E-state index contributed by atoms with van der Waals surface area (Å²) in [6.07, 6.45) is -0.454. The lowest BCUT2D eigenvalue weighted by Crippen LogP contribution is -2.39. The molecule has 3 aromatic heterocycles. The van der Waals surface area contributed by atoms with Crippen LogP contribution in [0.1, 0.15) is 65.0 Å². The number of nitrogens with zero attached hydrogens (tertiary/aromatic N) is 6. The Bertz CT molecular complexity index is 2650. The Morgan fingerprint density at radius 2 is 1.40 bits per heavy atom. The van der Waals surface area contributed by atoms with Crippen molar-refractivity contribution in [3.05, 3.63) is 177 Å². The zero-order valence-electron chi connectivity index (χ0n) is 32.3. The maximum Gasteiger partial charge on any atom is 0.359 e. The zero-order chi connectivity index (χ0) is 40.4. The van der Waals surface area contributed by atoms with E-state index in [0.29, 0.717) is 41.5 Å². The van der Waals surface area contributed by atoms with Gasteiger partial charge in [-0.1, -0.05) is 128 Å². The molecule has 0 saturated carbocycles. The fourth-order valence-corrected chi connectivity index (χ4v) is 8.19. The molecular weight excluding hydrogens is 796 g/mol. The third-order valence-electron chi connectivity index (χ3n) is 10.1. The van der Waals surface area contributed by atoms with E-state index in [1.165, 1.54) is 13.8 Å². The molecule has 3 heterocycles. The van der Waals surface area contributed by atoms with E-state index in [9.17, 15) is 9.59 Å². The van der Waals surface area contributed by atoms with E-state index in [2.05, 4.69) is 57.3 Å². The summed E-state index contributed by atoms with van der Waals surface area (Å²) < 4.78 is 19.7. The smallest absolute Gasteiger partial charge is 0.359 e. The molecule has 0 amide bonds. The molecule has 8 aromatic rings. The van der Waals surface area contributed by atoms with Gasteiger partial charge in [0.25, 0.3) is 0 Å². The van der Waals surface area contributed by atoms with Gasteiger partial charge < -0.3 is 18.5 Å². The van der Waals surface area contributed by atoms with Crippen LogP contribution in [0.5, 0.6) is 0 Å². The number of imidazole rings is 1. The number of ether oxygens (including phenoxy) is 2. The number of esters is 2. The van der Waals surface area contributed by atoms with Gasteiger partial charge >= 0.3 is 11.9 Å².